The maximum Gasteiger partial charge on any atom is 0.381 e. The van der Waals surface area contributed by atoms with Crippen LogP contribution in [0.4, 0.5) is 5.82 Å². The molecule has 0 spiro atoms. The van der Waals surface area contributed by atoms with Crippen molar-refractivity contribution in [1.29, 1.82) is 0 Å². The molecule has 2 aliphatic rings. The van der Waals surface area contributed by atoms with Crippen molar-refractivity contribution in [2.45, 2.75) is 31.7 Å². The van der Waals surface area contributed by atoms with Crippen LogP contribution in [0.25, 0.3) is 0 Å². The third-order valence-corrected chi connectivity index (χ3v) is 3.33. The predicted octanol–water partition coefficient (Wildman–Crippen LogP) is 2.15. The number of aromatic nitrogens is 2. The van der Waals surface area contributed by atoms with Crippen molar-refractivity contribution >= 4 is 5.82 Å². The van der Waals surface area contributed by atoms with Crippen LogP contribution in [0.3, 0.4) is 0 Å². The second kappa shape index (κ2) is 3.05. The Labute approximate surface area is 87.3 Å². The molecule has 0 aromatic carbocycles. The highest BCUT2D eigenvalue weighted by atomic mass is 16.6. The summed E-state index contributed by atoms with van der Waals surface area (Å²) in [6.07, 6.45) is 8.29. The number of nitrogens with zero attached hydrogens (tertiary/aromatic N) is 3. The van der Waals surface area contributed by atoms with Crippen molar-refractivity contribution < 1.29 is 4.92 Å². The lowest BCUT2D eigenvalue weighted by atomic mass is 10.1. The van der Waals surface area contributed by atoms with Crippen molar-refractivity contribution in [2.75, 3.05) is 0 Å². The Hall–Kier alpha value is -1.39. The molecule has 2 aliphatic carbocycles. The highest BCUT2D eigenvalue weighted by Gasteiger charge is 2.43. The average Bonchev–Trinajstić information content (AvgIpc) is 3.08. The summed E-state index contributed by atoms with van der Waals surface area (Å²) >= 11 is 0. The van der Waals surface area contributed by atoms with E-state index in [1.807, 2.05) is 4.57 Å². The van der Waals surface area contributed by atoms with Gasteiger partial charge in [-0.2, -0.15) is 0 Å². The lowest BCUT2D eigenvalue weighted by Crippen LogP contribution is -2.11. The van der Waals surface area contributed by atoms with Crippen LogP contribution in [0.15, 0.2) is 12.5 Å². The van der Waals surface area contributed by atoms with Gasteiger partial charge in [-0.15, -0.1) is 0 Å². The fourth-order valence-corrected chi connectivity index (χ4v) is 2.33. The number of rotatable bonds is 4. The number of imidazole rings is 1. The van der Waals surface area contributed by atoms with Crippen LogP contribution in [-0.4, -0.2) is 14.5 Å². The lowest BCUT2D eigenvalue weighted by molar-refractivity contribution is -0.389. The molecule has 1 heterocycles. The van der Waals surface area contributed by atoms with E-state index in [1.165, 1.54) is 25.7 Å². The van der Waals surface area contributed by atoms with Crippen molar-refractivity contribution in [3.63, 3.8) is 0 Å². The van der Waals surface area contributed by atoms with Crippen LogP contribution in [0.2, 0.25) is 0 Å². The second-order valence-corrected chi connectivity index (χ2v) is 4.60. The van der Waals surface area contributed by atoms with Gasteiger partial charge in [-0.05, 0) is 47.4 Å². The summed E-state index contributed by atoms with van der Waals surface area (Å²) in [5.74, 6) is 1.46. The Morgan fingerprint density at radius 3 is 2.40 bits per heavy atom. The smallest absolute Gasteiger partial charge is 0.358 e. The molecule has 0 aliphatic heterocycles. The fourth-order valence-electron chi connectivity index (χ4n) is 2.33. The van der Waals surface area contributed by atoms with Gasteiger partial charge in [0.15, 0.2) is 0 Å². The van der Waals surface area contributed by atoms with Crippen LogP contribution in [0.5, 0.6) is 0 Å². The van der Waals surface area contributed by atoms with E-state index in [0.29, 0.717) is 6.04 Å². The number of hydrogen-bond acceptors (Lipinski definition) is 3. The van der Waals surface area contributed by atoms with Crippen LogP contribution in [-0.2, 0) is 0 Å². The van der Waals surface area contributed by atoms with Crippen molar-refractivity contribution in [3.05, 3.63) is 22.6 Å². The Morgan fingerprint density at radius 1 is 1.40 bits per heavy atom. The molecule has 5 heteroatoms. The molecular formula is C10H13N3O2. The first-order valence-corrected chi connectivity index (χ1v) is 5.43. The van der Waals surface area contributed by atoms with E-state index in [4.69, 9.17) is 0 Å². The quantitative estimate of drug-likeness (QED) is 0.561. The fraction of sp³-hybridized carbons (Fsp3) is 0.700. The van der Waals surface area contributed by atoms with E-state index in [0.717, 1.165) is 11.8 Å². The van der Waals surface area contributed by atoms with Gasteiger partial charge >= 0.3 is 5.82 Å². The summed E-state index contributed by atoms with van der Waals surface area (Å²) in [5, 5.41) is 10.5. The summed E-state index contributed by atoms with van der Waals surface area (Å²) in [7, 11) is 0. The van der Waals surface area contributed by atoms with Crippen molar-refractivity contribution in [2.24, 2.45) is 11.8 Å². The van der Waals surface area contributed by atoms with E-state index < -0.39 is 4.92 Å². The molecule has 0 bridgehead atoms. The van der Waals surface area contributed by atoms with Gasteiger partial charge in [0.1, 0.15) is 6.20 Å². The topological polar surface area (TPSA) is 61.0 Å². The minimum absolute atomic E-state index is 0.0266. The molecule has 2 fully saturated rings. The predicted molar refractivity (Wildman–Crippen MR) is 53.4 cm³/mol. The zero-order valence-corrected chi connectivity index (χ0v) is 8.37. The Kier molecular flexibility index (Phi) is 1.81. The first-order chi connectivity index (χ1) is 7.25. The minimum atomic E-state index is -0.423. The second-order valence-electron chi connectivity index (χ2n) is 4.60. The van der Waals surface area contributed by atoms with Gasteiger partial charge in [-0.3, -0.25) is 0 Å². The zero-order chi connectivity index (χ0) is 10.4. The Morgan fingerprint density at radius 2 is 2.00 bits per heavy atom. The van der Waals surface area contributed by atoms with Gasteiger partial charge in [0.2, 0.25) is 6.33 Å². The summed E-state index contributed by atoms with van der Waals surface area (Å²) in [6, 6.07) is 0.478. The zero-order valence-electron chi connectivity index (χ0n) is 8.37. The minimum Gasteiger partial charge on any atom is -0.358 e. The van der Waals surface area contributed by atoms with E-state index in [9.17, 15) is 10.1 Å². The van der Waals surface area contributed by atoms with Crippen LogP contribution in [0.1, 0.15) is 31.7 Å². The van der Waals surface area contributed by atoms with E-state index in [1.54, 1.807) is 12.5 Å². The van der Waals surface area contributed by atoms with Gasteiger partial charge in [0.25, 0.3) is 0 Å². The molecule has 0 radical (unpaired) electrons. The first kappa shape index (κ1) is 8.88. The molecule has 5 nitrogen and oxygen atoms in total. The van der Waals surface area contributed by atoms with E-state index >= 15 is 0 Å². The summed E-state index contributed by atoms with van der Waals surface area (Å²) in [4.78, 5) is 13.9. The molecule has 80 valence electrons. The third kappa shape index (κ3) is 1.62. The molecule has 2 saturated carbocycles. The van der Waals surface area contributed by atoms with E-state index in [2.05, 4.69) is 4.98 Å². The van der Waals surface area contributed by atoms with Crippen molar-refractivity contribution in [3.8, 4) is 0 Å². The standard InChI is InChI=1S/C10H13N3O2/c14-13(15)9-5-12(6-11-9)10(7-1-2-7)8-3-4-8/h5-8,10H,1-4H2. The van der Waals surface area contributed by atoms with Gasteiger partial charge < -0.3 is 14.7 Å². The molecule has 1 aromatic rings. The summed E-state index contributed by atoms with van der Waals surface area (Å²) in [5.41, 5.74) is 0. The molecule has 0 unspecified atom stereocenters. The average molecular weight is 207 g/mol. The molecule has 3 rings (SSSR count). The molecule has 0 amide bonds. The number of hydrogen-bond donors (Lipinski definition) is 0. The first-order valence-electron chi connectivity index (χ1n) is 5.43. The summed E-state index contributed by atoms with van der Waals surface area (Å²) < 4.78 is 1.97. The largest absolute Gasteiger partial charge is 0.381 e. The highest BCUT2D eigenvalue weighted by molar-refractivity contribution is 5.14. The van der Waals surface area contributed by atoms with Crippen LogP contribution in [0, 0.1) is 22.0 Å². The van der Waals surface area contributed by atoms with Gasteiger partial charge in [0, 0.05) is 6.04 Å². The molecule has 0 saturated heterocycles. The maximum absolute atomic E-state index is 10.5. The highest BCUT2D eigenvalue weighted by Crippen LogP contribution is 2.52. The molecule has 0 N–H and O–H groups in total. The Bertz CT molecular complexity index is 381. The molecular weight excluding hydrogens is 194 g/mol. The monoisotopic (exact) mass is 207 g/mol. The van der Waals surface area contributed by atoms with Crippen LogP contribution < -0.4 is 0 Å². The normalized spacial score (nSPS) is 20.9. The van der Waals surface area contributed by atoms with Gasteiger partial charge in [-0.25, -0.2) is 0 Å². The molecule has 15 heavy (non-hydrogen) atoms. The van der Waals surface area contributed by atoms with Crippen molar-refractivity contribution in [1.82, 2.24) is 9.55 Å². The number of nitro groups is 1. The third-order valence-electron chi connectivity index (χ3n) is 3.33. The Balaban J connectivity index is 1.85. The molecule has 0 atom stereocenters. The molecule has 1 aromatic heterocycles. The van der Waals surface area contributed by atoms with Gasteiger partial charge in [0.05, 0.1) is 0 Å². The van der Waals surface area contributed by atoms with Gasteiger partial charge in [-0.1, -0.05) is 0 Å². The lowest BCUT2D eigenvalue weighted by Gasteiger charge is -2.15. The van der Waals surface area contributed by atoms with E-state index in [-0.39, 0.29) is 5.82 Å². The SMILES string of the molecule is O=[N+]([O-])c1cn(C(C2CC2)C2CC2)cn1. The van der Waals surface area contributed by atoms with Crippen LogP contribution >= 0.6 is 0 Å². The summed E-state index contributed by atoms with van der Waals surface area (Å²) in [6.45, 7) is 0. The maximum atomic E-state index is 10.5.